The number of amides is 3. The van der Waals surface area contributed by atoms with Crippen molar-refractivity contribution in [1.82, 2.24) is 4.98 Å². The number of para-hydroxylation sites is 2. The van der Waals surface area contributed by atoms with E-state index in [0.717, 1.165) is 10.2 Å². The van der Waals surface area contributed by atoms with Crippen molar-refractivity contribution in [2.24, 2.45) is 0 Å². The van der Waals surface area contributed by atoms with Crippen molar-refractivity contribution >= 4 is 61.9 Å². The number of benzene rings is 2. The summed E-state index contributed by atoms with van der Waals surface area (Å²) >= 11 is 2.58. The summed E-state index contributed by atoms with van der Waals surface area (Å²) in [4.78, 5) is 42.5. The molecule has 6 nitrogen and oxygen atoms in total. The molecule has 3 aromatic rings. The predicted molar refractivity (Wildman–Crippen MR) is 108 cm³/mol. The van der Waals surface area contributed by atoms with Crippen LogP contribution in [-0.4, -0.2) is 33.7 Å². The molecule has 0 unspecified atom stereocenters. The highest BCUT2D eigenvalue weighted by Crippen LogP contribution is 2.30. The van der Waals surface area contributed by atoms with E-state index in [1.165, 1.54) is 28.0 Å². The zero-order chi connectivity index (χ0) is 18.8. The topological polar surface area (TPSA) is 79.4 Å². The number of carbonyl (C=O) groups excluding carboxylic acids is 3. The SMILES string of the molecule is O=C(CS[C@@H]1CC(=O)N(c2ccccc2)C1=O)Nc1nc2ccccc2s1. The lowest BCUT2D eigenvalue weighted by molar-refractivity contribution is -0.121. The Morgan fingerprint density at radius 2 is 1.89 bits per heavy atom. The Labute approximate surface area is 163 Å². The van der Waals surface area contributed by atoms with Crippen LogP contribution in [-0.2, 0) is 14.4 Å². The van der Waals surface area contributed by atoms with E-state index in [2.05, 4.69) is 10.3 Å². The summed E-state index contributed by atoms with van der Waals surface area (Å²) in [6, 6.07) is 16.5. The zero-order valence-electron chi connectivity index (χ0n) is 14.1. The minimum atomic E-state index is -0.543. The molecule has 136 valence electrons. The van der Waals surface area contributed by atoms with Crippen molar-refractivity contribution in [3.8, 4) is 0 Å². The zero-order valence-corrected chi connectivity index (χ0v) is 15.8. The van der Waals surface area contributed by atoms with Crippen molar-refractivity contribution in [1.29, 1.82) is 0 Å². The molecule has 2 aromatic carbocycles. The van der Waals surface area contributed by atoms with Crippen LogP contribution < -0.4 is 10.2 Å². The fraction of sp³-hybridized carbons (Fsp3) is 0.158. The molecule has 27 heavy (non-hydrogen) atoms. The standard InChI is InChI=1S/C19H15N3O3S2/c23-16(21-19-20-13-8-4-5-9-14(13)27-19)11-26-15-10-17(24)22(18(15)25)12-6-2-1-3-7-12/h1-9,15H,10-11H2,(H,20,21,23)/t15-/m1/s1. The fourth-order valence-corrected chi connectivity index (χ4v) is 4.66. The maximum absolute atomic E-state index is 12.5. The number of imide groups is 1. The van der Waals surface area contributed by atoms with Gasteiger partial charge in [-0.2, -0.15) is 0 Å². The van der Waals surface area contributed by atoms with Gasteiger partial charge in [-0.1, -0.05) is 41.7 Å². The second kappa shape index (κ2) is 7.50. The van der Waals surface area contributed by atoms with E-state index in [1.807, 2.05) is 30.3 Å². The second-order valence-corrected chi connectivity index (χ2v) is 8.16. The molecule has 3 amide bonds. The van der Waals surface area contributed by atoms with E-state index in [9.17, 15) is 14.4 Å². The maximum atomic E-state index is 12.5. The average molecular weight is 397 g/mol. The van der Waals surface area contributed by atoms with Gasteiger partial charge in [-0.15, -0.1) is 11.8 Å². The van der Waals surface area contributed by atoms with Gasteiger partial charge in [0.05, 0.1) is 26.9 Å². The minimum Gasteiger partial charge on any atom is -0.301 e. The van der Waals surface area contributed by atoms with E-state index >= 15 is 0 Å². The van der Waals surface area contributed by atoms with Crippen LogP contribution in [0.15, 0.2) is 54.6 Å². The number of hydrogen-bond acceptors (Lipinski definition) is 6. The highest BCUT2D eigenvalue weighted by Gasteiger charge is 2.39. The van der Waals surface area contributed by atoms with Crippen molar-refractivity contribution in [2.45, 2.75) is 11.7 Å². The Hall–Kier alpha value is -2.71. The van der Waals surface area contributed by atoms with Gasteiger partial charge in [0.1, 0.15) is 0 Å². The van der Waals surface area contributed by atoms with Crippen LogP contribution in [0.25, 0.3) is 10.2 Å². The number of aromatic nitrogens is 1. The molecule has 0 aliphatic carbocycles. The summed E-state index contributed by atoms with van der Waals surface area (Å²) in [7, 11) is 0. The average Bonchev–Trinajstić information content (AvgIpc) is 3.20. The first-order valence-corrected chi connectivity index (χ1v) is 10.2. The fourth-order valence-electron chi connectivity index (χ4n) is 2.84. The van der Waals surface area contributed by atoms with Crippen LogP contribution >= 0.6 is 23.1 Å². The summed E-state index contributed by atoms with van der Waals surface area (Å²) in [5.74, 6) is -0.667. The number of fused-ring (bicyclic) bond motifs is 1. The first-order chi connectivity index (χ1) is 13.1. The first kappa shape index (κ1) is 17.7. The molecule has 0 radical (unpaired) electrons. The minimum absolute atomic E-state index is 0.0856. The maximum Gasteiger partial charge on any atom is 0.247 e. The van der Waals surface area contributed by atoms with E-state index in [-0.39, 0.29) is 29.9 Å². The van der Waals surface area contributed by atoms with E-state index in [1.54, 1.807) is 24.3 Å². The van der Waals surface area contributed by atoms with E-state index < -0.39 is 5.25 Å². The highest BCUT2D eigenvalue weighted by molar-refractivity contribution is 8.01. The Morgan fingerprint density at radius 3 is 2.67 bits per heavy atom. The van der Waals surface area contributed by atoms with Gasteiger partial charge in [0.2, 0.25) is 17.7 Å². The normalized spacial score (nSPS) is 16.9. The molecule has 0 saturated carbocycles. The molecular weight excluding hydrogens is 382 g/mol. The summed E-state index contributed by atoms with van der Waals surface area (Å²) in [5, 5.41) is 2.75. The van der Waals surface area contributed by atoms with Crippen LogP contribution in [0.3, 0.4) is 0 Å². The number of anilines is 2. The Kier molecular flexibility index (Phi) is 4.91. The molecule has 1 aromatic heterocycles. The number of rotatable bonds is 5. The number of carbonyl (C=O) groups is 3. The molecule has 1 N–H and O–H groups in total. The Balaban J connectivity index is 1.36. The molecule has 0 spiro atoms. The van der Waals surface area contributed by atoms with E-state index in [0.29, 0.717) is 10.8 Å². The van der Waals surface area contributed by atoms with Gasteiger partial charge < -0.3 is 5.32 Å². The lowest BCUT2D eigenvalue weighted by atomic mass is 10.3. The largest absolute Gasteiger partial charge is 0.301 e. The van der Waals surface area contributed by atoms with Gasteiger partial charge in [-0.3, -0.25) is 14.4 Å². The number of thiazole rings is 1. The van der Waals surface area contributed by atoms with Crippen LogP contribution in [0, 0.1) is 0 Å². The van der Waals surface area contributed by atoms with Crippen LogP contribution in [0.5, 0.6) is 0 Å². The third-order valence-corrected chi connectivity index (χ3v) is 6.23. The molecule has 1 aliphatic rings. The van der Waals surface area contributed by atoms with E-state index in [4.69, 9.17) is 0 Å². The molecule has 4 rings (SSSR count). The first-order valence-electron chi connectivity index (χ1n) is 8.31. The predicted octanol–water partition coefficient (Wildman–Crippen LogP) is 3.30. The van der Waals surface area contributed by atoms with Crippen molar-refractivity contribution in [3.63, 3.8) is 0 Å². The number of thioether (sulfide) groups is 1. The smallest absolute Gasteiger partial charge is 0.247 e. The van der Waals surface area contributed by atoms with Crippen molar-refractivity contribution < 1.29 is 14.4 Å². The van der Waals surface area contributed by atoms with Gasteiger partial charge in [0.25, 0.3) is 0 Å². The molecule has 1 atom stereocenters. The third kappa shape index (κ3) is 3.72. The molecule has 2 heterocycles. The lowest BCUT2D eigenvalue weighted by Crippen LogP contribution is -2.31. The summed E-state index contributed by atoms with van der Waals surface area (Å²) in [6.07, 6.45) is 0.104. The van der Waals surface area contributed by atoms with Crippen LogP contribution in [0.1, 0.15) is 6.42 Å². The highest BCUT2D eigenvalue weighted by atomic mass is 32.2. The van der Waals surface area contributed by atoms with Gasteiger partial charge in [-0.25, -0.2) is 9.88 Å². The lowest BCUT2D eigenvalue weighted by Gasteiger charge is -2.14. The summed E-state index contributed by atoms with van der Waals surface area (Å²) < 4.78 is 0.996. The number of nitrogens with zero attached hydrogens (tertiary/aromatic N) is 2. The Bertz CT molecular complexity index is 986. The molecule has 0 bridgehead atoms. The summed E-state index contributed by atoms with van der Waals surface area (Å²) in [5.41, 5.74) is 1.40. The summed E-state index contributed by atoms with van der Waals surface area (Å²) in [6.45, 7) is 0. The second-order valence-electron chi connectivity index (χ2n) is 5.94. The van der Waals surface area contributed by atoms with Gasteiger partial charge in [-0.05, 0) is 24.3 Å². The molecular formula is C19H15N3O3S2. The number of nitrogens with one attached hydrogen (secondary N) is 1. The third-order valence-electron chi connectivity index (χ3n) is 4.08. The van der Waals surface area contributed by atoms with Crippen LogP contribution in [0.2, 0.25) is 0 Å². The van der Waals surface area contributed by atoms with Gasteiger partial charge in [0, 0.05) is 6.42 Å². The molecule has 1 fully saturated rings. The van der Waals surface area contributed by atoms with Crippen molar-refractivity contribution in [3.05, 3.63) is 54.6 Å². The number of hydrogen-bond donors (Lipinski definition) is 1. The van der Waals surface area contributed by atoms with Crippen LogP contribution in [0.4, 0.5) is 10.8 Å². The van der Waals surface area contributed by atoms with Crippen molar-refractivity contribution in [2.75, 3.05) is 16.0 Å². The van der Waals surface area contributed by atoms with Gasteiger partial charge >= 0.3 is 0 Å². The quantitative estimate of drug-likeness (QED) is 0.668. The molecule has 1 saturated heterocycles. The molecule has 1 aliphatic heterocycles. The monoisotopic (exact) mass is 397 g/mol. The Morgan fingerprint density at radius 1 is 1.15 bits per heavy atom. The molecule has 8 heteroatoms. The van der Waals surface area contributed by atoms with Gasteiger partial charge in [0.15, 0.2) is 5.13 Å².